The van der Waals surface area contributed by atoms with E-state index in [4.69, 9.17) is 0 Å². The molecule has 0 saturated carbocycles. The Morgan fingerprint density at radius 1 is 1.23 bits per heavy atom. The first-order chi connectivity index (χ1) is 14.8. The molecule has 0 saturated heterocycles. The van der Waals surface area contributed by atoms with Gasteiger partial charge in [-0.15, -0.1) is 0 Å². The quantitative estimate of drug-likeness (QED) is 0.659. The van der Waals surface area contributed by atoms with Crippen molar-refractivity contribution in [3.8, 4) is 0 Å². The van der Waals surface area contributed by atoms with E-state index in [1.165, 1.54) is 0 Å². The third-order valence-corrected chi connectivity index (χ3v) is 5.85. The summed E-state index contributed by atoms with van der Waals surface area (Å²) >= 11 is 0. The minimum atomic E-state index is -1.01. The maximum atomic E-state index is 13.0. The molecule has 2 atom stereocenters. The molecule has 1 aliphatic rings. The first-order valence-electron chi connectivity index (χ1n) is 11.2. The van der Waals surface area contributed by atoms with E-state index in [-0.39, 0.29) is 24.2 Å². The third-order valence-electron chi connectivity index (χ3n) is 5.85. The predicted molar refractivity (Wildman–Crippen MR) is 120 cm³/mol. The minimum Gasteiger partial charge on any atom is -0.481 e. The number of rotatable bonds is 6. The van der Waals surface area contributed by atoms with Crippen molar-refractivity contribution >= 4 is 28.7 Å². The zero-order chi connectivity index (χ0) is 22.4. The lowest BCUT2D eigenvalue weighted by atomic mass is 9.92. The Bertz CT molecular complexity index is 934. The number of hydrogen-bond donors (Lipinski definition) is 3. The number of carbonyl (C=O) groups is 3. The van der Waals surface area contributed by atoms with Crippen LogP contribution >= 0.6 is 0 Å². The molecule has 2 bridgehead atoms. The molecule has 31 heavy (non-hydrogen) atoms. The molecule has 2 heterocycles. The van der Waals surface area contributed by atoms with Gasteiger partial charge in [0.05, 0.1) is 6.42 Å². The molecule has 1 aliphatic heterocycles. The van der Waals surface area contributed by atoms with Crippen molar-refractivity contribution in [2.24, 2.45) is 11.8 Å². The van der Waals surface area contributed by atoms with Crippen LogP contribution in [-0.4, -0.2) is 40.0 Å². The Labute approximate surface area is 183 Å². The van der Waals surface area contributed by atoms with Gasteiger partial charge in [-0.2, -0.15) is 0 Å². The number of carboxylic acid groups (broad SMARTS) is 1. The summed E-state index contributed by atoms with van der Waals surface area (Å²) in [5.41, 5.74) is 2.14. The van der Waals surface area contributed by atoms with E-state index >= 15 is 0 Å². The number of hydrogen-bond acceptors (Lipinski definition) is 3. The second-order valence-corrected chi connectivity index (χ2v) is 8.91. The van der Waals surface area contributed by atoms with E-state index < -0.39 is 17.9 Å². The number of amides is 2. The predicted octanol–water partition coefficient (Wildman–Crippen LogP) is 3.11. The second-order valence-electron chi connectivity index (χ2n) is 8.91. The molecular formula is C24H33N3O4. The average molecular weight is 428 g/mol. The highest BCUT2D eigenvalue weighted by Gasteiger charge is 2.28. The van der Waals surface area contributed by atoms with Crippen molar-refractivity contribution in [1.82, 2.24) is 15.2 Å². The first kappa shape index (κ1) is 22.8. The van der Waals surface area contributed by atoms with E-state index in [1.807, 2.05) is 32.0 Å². The van der Waals surface area contributed by atoms with Crippen LogP contribution in [0.3, 0.4) is 0 Å². The van der Waals surface area contributed by atoms with E-state index in [0.717, 1.165) is 42.3 Å². The molecule has 1 aromatic carbocycles. The van der Waals surface area contributed by atoms with E-state index in [2.05, 4.69) is 27.5 Å². The Hall–Kier alpha value is -2.83. The van der Waals surface area contributed by atoms with Gasteiger partial charge in [0.1, 0.15) is 6.04 Å². The van der Waals surface area contributed by atoms with Crippen LogP contribution in [-0.2, 0) is 27.3 Å². The van der Waals surface area contributed by atoms with Gasteiger partial charge in [-0.3, -0.25) is 14.4 Å². The zero-order valence-corrected chi connectivity index (χ0v) is 18.4. The number of carbonyl (C=O) groups excluding carboxylic acids is 2. The molecule has 0 radical (unpaired) electrons. The molecule has 3 N–H and O–H groups in total. The molecule has 3 rings (SSSR count). The Morgan fingerprint density at radius 3 is 2.74 bits per heavy atom. The summed E-state index contributed by atoms with van der Waals surface area (Å²) in [5, 5.41) is 16.1. The molecule has 0 aliphatic carbocycles. The number of aryl methyl sites for hydroxylation is 1. The highest BCUT2D eigenvalue weighted by atomic mass is 16.4. The fraction of sp³-hybridized carbons (Fsp3) is 0.542. The lowest BCUT2D eigenvalue weighted by Crippen LogP contribution is -2.50. The van der Waals surface area contributed by atoms with Crippen molar-refractivity contribution in [2.45, 2.75) is 65.0 Å². The van der Waals surface area contributed by atoms with Gasteiger partial charge >= 0.3 is 5.97 Å². The van der Waals surface area contributed by atoms with E-state index in [1.54, 1.807) is 0 Å². The Kier molecular flexibility index (Phi) is 7.71. The van der Waals surface area contributed by atoms with Crippen molar-refractivity contribution < 1.29 is 19.5 Å². The van der Waals surface area contributed by atoms with Crippen LogP contribution < -0.4 is 10.6 Å². The molecule has 2 amide bonds. The molecule has 0 spiro atoms. The standard InChI is InChI=1S/C24H33N3O4/c1-16(2)12-17(14-22(28)29)23(30)26-20-13-18-15-27(21-9-5-4-8-19(18)21)11-7-3-6-10-25-24(20)31/h4-5,8-9,15-17,20H,3,6-7,10-14H2,1-2H3,(H,25,31)(H,26,30)(H,28,29)/t17-,20+/m1/s1. The van der Waals surface area contributed by atoms with Crippen molar-refractivity contribution in [3.05, 3.63) is 36.0 Å². The summed E-state index contributed by atoms with van der Waals surface area (Å²) in [6.07, 6.45) is 5.61. The maximum Gasteiger partial charge on any atom is 0.304 e. The monoisotopic (exact) mass is 427 g/mol. The van der Waals surface area contributed by atoms with Crippen LogP contribution in [0.2, 0.25) is 0 Å². The molecule has 7 heteroatoms. The highest BCUT2D eigenvalue weighted by Crippen LogP contribution is 2.24. The van der Waals surface area contributed by atoms with Gasteiger partial charge in [-0.1, -0.05) is 32.0 Å². The smallest absolute Gasteiger partial charge is 0.304 e. The average Bonchev–Trinajstić information content (AvgIpc) is 3.05. The fourth-order valence-electron chi connectivity index (χ4n) is 4.37. The maximum absolute atomic E-state index is 13.0. The highest BCUT2D eigenvalue weighted by molar-refractivity contribution is 5.91. The van der Waals surface area contributed by atoms with Gasteiger partial charge in [-0.05, 0) is 43.2 Å². The van der Waals surface area contributed by atoms with Gasteiger partial charge in [-0.25, -0.2) is 0 Å². The first-order valence-corrected chi connectivity index (χ1v) is 11.2. The molecule has 0 unspecified atom stereocenters. The summed E-state index contributed by atoms with van der Waals surface area (Å²) in [6, 6.07) is 7.37. The number of nitrogens with zero attached hydrogens (tertiary/aromatic N) is 1. The summed E-state index contributed by atoms with van der Waals surface area (Å²) in [4.78, 5) is 37.2. The van der Waals surface area contributed by atoms with Gasteiger partial charge in [0, 0.05) is 42.5 Å². The number of aromatic nitrogens is 1. The minimum absolute atomic E-state index is 0.179. The number of fused-ring (bicyclic) bond motifs is 5. The summed E-state index contributed by atoms with van der Waals surface area (Å²) in [7, 11) is 0. The number of aliphatic carboxylic acids is 1. The molecule has 2 aromatic rings. The lowest BCUT2D eigenvalue weighted by Gasteiger charge is -2.23. The van der Waals surface area contributed by atoms with Crippen LogP contribution in [0.1, 0.15) is 51.5 Å². The van der Waals surface area contributed by atoms with Gasteiger partial charge in [0.25, 0.3) is 0 Å². The summed E-state index contributed by atoms with van der Waals surface area (Å²) in [5.74, 6) is -2.07. The van der Waals surface area contributed by atoms with Crippen molar-refractivity contribution in [3.63, 3.8) is 0 Å². The fourth-order valence-corrected chi connectivity index (χ4v) is 4.37. The molecule has 1 aromatic heterocycles. The normalized spacial score (nSPS) is 18.7. The summed E-state index contributed by atoms with van der Waals surface area (Å²) in [6.45, 7) is 5.40. The van der Waals surface area contributed by atoms with E-state index in [9.17, 15) is 19.5 Å². The largest absolute Gasteiger partial charge is 0.481 e. The number of nitrogens with one attached hydrogen (secondary N) is 2. The SMILES string of the molecule is CC(C)C[C@H](CC(=O)O)C(=O)N[C@H]1Cc2cn(c3ccccc23)CCCCCNC1=O. The van der Waals surface area contributed by atoms with Crippen molar-refractivity contribution in [1.29, 1.82) is 0 Å². The van der Waals surface area contributed by atoms with Crippen LogP contribution in [0, 0.1) is 11.8 Å². The van der Waals surface area contributed by atoms with Gasteiger partial charge in [0.2, 0.25) is 11.8 Å². The van der Waals surface area contributed by atoms with Gasteiger partial charge < -0.3 is 20.3 Å². The van der Waals surface area contributed by atoms with Gasteiger partial charge in [0.15, 0.2) is 0 Å². The molecular weight excluding hydrogens is 394 g/mol. The van der Waals surface area contributed by atoms with E-state index in [0.29, 0.717) is 19.4 Å². The summed E-state index contributed by atoms with van der Waals surface area (Å²) < 4.78 is 2.23. The second kappa shape index (κ2) is 10.5. The molecule has 168 valence electrons. The topological polar surface area (TPSA) is 100 Å². The number of benzene rings is 1. The lowest BCUT2D eigenvalue weighted by molar-refractivity contribution is -0.141. The van der Waals surface area contributed by atoms with Crippen LogP contribution in [0.15, 0.2) is 30.5 Å². The number of carboxylic acids is 1. The van der Waals surface area contributed by atoms with Crippen molar-refractivity contribution in [2.75, 3.05) is 6.54 Å². The van der Waals surface area contributed by atoms with Crippen LogP contribution in [0.25, 0.3) is 10.9 Å². The zero-order valence-electron chi connectivity index (χ0n) is 18.4. The molecule has 0 fully saturated rings. The Morgan fingerprint density at radius 2 is 2.00 bits per heavy atom. The molecule has 7 nitrogen and oxygen atoms in total. The third kappa shape index (κ3) is 6.09. The van der Waals surface area contributed by atoms with Crippen LogP contribution in [0.4, 0.5) is 0 Å². The Balaban J connectivity index is 1.88. The van der Waals surface area contributed by atoms with Crippen LogP contribution in [0.5, 0.6) is 0 Å². The number of para-hydroxylation sites is 1.